The van der Waals surface area contributed by atoms with Gasteiger partial charge in [-0.25, -0.2) is 9.59 Å². The molecule has 7 atom stereocenters. The topological polar surface area (TPSA) is 111 Å². The fraction of sp³-hybridized carbons (Fsp3) is 0.850. The number of esters is 2. The second-order valence-electron chi connectivity index (χ2n) is 9.30. The first-order chi connectivity index (χ1) is 13.5. The second kappa shape index (κ2) is 7.98. The van der Waals surface area contributed by atoms with Crippen molar-refractivity contribution in [2.75, 3.05) is 12.9 Å². The van der Waals surface area contributed by atoms with Gasteiger partial charge in [-0.15, -0.1) is 0 Å². The predicted octanol–water partition coefficient (Wildman–Crippen LogP) is 1.88. The van der Waals surface area contributed by atoms with E-state index in [-0.39, 0.29) is 28.8 Å². The van der Waals surface area contributed by atoms with Gasteiger partial charge >= 0.3 is 18.0 Å². The third-order valence-electron chi connectivity index (χ3n) is 6.14. The maximum absolute atomic E-state index is 12.6. The molecule has 0 spiro atoms. The number of aliphatic hydroxyl groups is 1. The van der Waals surface area contributed by atoms with Gasteiger partial charge in [-0.2, -0.15) is 11.8 Å². The summed E-state index contributed by atoms with van der Waals surface area (Å²) >= 11 is 1.40. The van der Waals surface area contributed by atoms with Gasteiger partial charge in [0.25, 0.3) is 0 Å². The molecular formula is C20H31NO7S. The molecule has 164 valence electrons. The lowest BCUT2D eigenvalue weighted by atomic mass is 9.66. The highest BCUT2D eigenvalue weighted by Gasteiger charge is 2.68. The van der Waals surface area contributed by atoms with E-state index in [9.17, 15) is 19.5 Å². The lowest BCUT2D eigenvalue weighted by Crippen LogP contribution is -2.56. The molecule has 1 heterocycles. The number of hydrogen-bond acceptors (Lipinski definition) is 8. The molecule has 3 rings (SSSR count). The van der Waals surface area contributed by atoms with Crippen LogP contribution in [0.15, 0.2) is 0 Å². The Morgan fingerprint density at radius 1 is 1.38 bits per heavy atom. The molecule has 1 amide bonds. The summed E-state index contributed by atoms with van der Waals surface area (Å²) < 4.78 is 15.5. The number of carbonyl (C=O) groups excluding carboxylic acids is 3. The molecule has 29 heavy (non-hydrogen) atoms. The van der Waals surface area contributed by atoms with Gasteiger partial charge in [-0.05, 0) is 51.9 Å². The van der Waals surface area contributed by atoms with Crippen LogP contribution in [0, 0.1) is 17.8 Å². The third-order valence-corrected chi connectivity index (χ3v) is 7.78. The van der Waals surface area contributed by atoms with E-state index in [2.05, 4.69) is 12.2 Å². The number of alkyl carbamates (subject to hydrolysis) is 1. The number of ether oxygens (including phenoxy) is 3. The highest BCUT2D eigenvalue weighted by Crippen LogP contribution is 2.58. The summed E-state index contributed by atoms with van der Waals surface area (Å²) in [5, 5.41) is 13.7. The van der Waals surface area contributed by atoms with Crippen LogP contribution in [0.1, 0.15) is 47.0 Å². The van der Waals surface area contributed by atoms with Crippen LogP contribution < -0.4 is 5.32 Å². The highest BCUT2D eigenvalue weighted by molar-refractivity contribution is 8.00. The number of nitrogens with one attached hydrogen (secondary N) is 1. The van der Waals surface area contributed by atoms with Gasteiger partial charge < -0.3 is 24.6 Å². The van der Waals surface area contributed by atoms with Crippen LogP contribution in [-0.4, -0.2) is 64.6 Å². The number of rotatable bonds is 5. The first-order valence-electron chi connectivity index (χ1n) is 10.1. The number of carbonyl (C=O) groups is 3. The molecule has 0 aromatic heterocycles. The number of methoxy groups -OCH3 is 1. The van der Waals surface area contributed by atoms with Crippen molar-refractivity contribution in [2.45, 2.75) is 75.6 Å². The van der Waals surface area contributed by atoms with Gasteiger partial charge in [0.2, 0.25) is 0 Å². The van der Waals surface area contributed by atoms with Gasteiger partial charge in [-0.3, -0.25) is 4.79 Å². The Bertz CT molecular complexity index is 678. The van der Waals surface area contributed by atoms with Gasteiger partial charge in [-0.1, -0.05) is 6.92 Å². The van der Waals surface area contributed by atoms with Gasteiger partial charge in [0.05, 0.1) is 7.11 Å². The average molecular weight is 430 g/mol. The molecule has 2 saturated carbocycles. The summed E-state index contributed by atoms with van der Waals surface area (Å²) in [6.45, 7) is 7.27. The number of hydrogen-bond donors (Lipinski definition) is 2. The van der Waals surface area contributed by atoms with E-state index < -0.39 is 41.3 Å². The predicted molar refractivity (Wildman–Crippen MR) is 106 cm³/mol. The van der Waals surface area contributed by atoms with E-state index in [1.807, 2.05) is 0 Å². The molecule has 3 aliphatic rings. The van der Waals surface area contributed by atoms with E-state index in [0.717, 1.165) is 12.8 Å². The van der Waals surface area contributed by atoms with Crippen LogP contribution >= 0.6 is 11.8 Å². The van der Waals surface area contributed by atoms with Gasteiger partial charge in [0.15, 0.2) is 0 Å². The molecule has 9 heteroatoms. The van der Waals surface area contributed by atoms with Crippen LogP contribution in [-0.2, 0) is 23.8 Å². The van der Waals surface area contributed by atoms with Gasteiger partial charge in [0, 0.05) is 11.0 Å². The fourth-order valence-corrected chi connectivity index (χ4v) is 6.53. The average Bonchev–Trinajstić information content (AvgIpc) is 3.05. The maximum Gasteiger partial charge on any atom is 0.408 e. The van der Waals surface area contributed by atoms with Crippen LogP contribution in [0.5, 0.6) is 0 Å². The molecule has 0 aromatic carbocycles. The first kappa shape index (κ1) is 22.2. The minimum atomic E-state index is -1.12. The Labute approximate surface area is 175 Å². The van der Waals surface area contributed by atoms with E-state index in [1.54, 1.807) is 20.8 Å². The SMILES string of the molecule is COC(=O)C(CS[C@H]1C2C(=O)O[C@@H]3CC[C@H](C[C@@H]1C)[C@]23O)NC(=O)OC(C)(C)C. The Balaban J connectivity index is 1.70. The zero-order valence-corrected chi connectivity index (χ0v) is 18.4. The van der Waals surface area contributed by atoms with Crippen LogP contribution in [0.4, 0.5) is 4.79 Å². The minimum absolute atomic E-state index is 0.0621. The van der Waals surface area contributed by atoms with Crippen molar-refractivity contribution in [1.82, 2.24) is 5.32 Å². The standard InChI is InChI=1S/C20H31NO7S/c1-10-8-11-6-7-13-20(11,25)14(17(23)27-13)15(10)29-9-12(16(22)26-5)21-18(24)28-19(2,3)4/h10-15,25H,6-9H2,1-5H3,(H,21,24)/t10-,11+,12?,13+,14?,15+,20+/m0/s1. The van der Waals surface area contributed by atoms with Crippen molar-refractivity contribution >= 4 is 29.8 Å². The molecule has 3 fully saturated rings. The van der Waals surface area contributed by atoms with Crippen LogP contribution in [0.2, 0.25) is 0 Å². The van der Waals surface area contributed by atoms with Crippen molar-refractivity contribution in [3.8, 4) is 0 Å². The molecule has 2 unspecified atom stereocenters. The van der Waals surface area contributed by atoms with Crippen LogP contribution in [0.25, 0.3) is 0 Å². The molecule has 2 aliphatic carbocycles. The smallest absolute Gasteiger partial charge is 0.408 e. The molecule has 8 nitrogen and oxygen atoms in total. The Kier molecular flexibility index (Phi) is 6.11. The molecule has 0 aromatic rings. The first-order valence-corrected chi connectivity index (χ1v) is 11.1. The van der Waals surface area contributed by atoms with Crippen molar-refractivity contribution in [1.29, 1.82) is 0 Å². The van der Waals surface area contributed by atoms with Crippen molar-refractivity contribution in [2.24, 2.45) is 17.8 Å². The maximum atomic E-state index is 12.6. The second-order valence-corrected chi connectivity index (χ2v) is 10.5. The molecule has 0 bridgehead atoms. The van der Waals surface area contributed by atoms with Crippen molar-refractivity contribution < 1.29 is 33.7 Å². The van der Waals surface area contributed by atoms with E-state index in [0.29, 0.717) is 6.42 Å². The summed E-state index contributed by atoms with van der Waals surface area (Å²) in [4.78, 5) is 36.9. The number of thioether (sulfide) groups is 1. The number of amides is 1. The van der Waals surface area contributed by atoms with Crippen molar-refractivity contribution in [3.63, 3.8) is 0 Å². The van der Waals surface area contributed by atoms with Crippen molar-refractivity contribution in [3.05, 3.63) is 0 Å². The Hall–Kier alpha value is -1.48. The van der Waals surface area contributed by atoms with E-state index in [1.165, 1.54) is 18.9 Å². The summed E-state index contributed by atoms with van der Waals surface area (Å²) in [6.07, 6.45) is 1.22. The summed E-state index contributed by atoms with van der Waals surface area (Å²) in [7, 11) is 1.25. The van der Waals surface area contributed by atoms with Crippen LogP contribution in [0.3, 0.4) is 0 Å². The molecule has 1 saturated heterocycles. The summed E-state index contributed by atoms with van der Waals surface area (Å²) in [5.41, 5.74) is -1.82. The highest BCUT2D eigenvalue weighted by atomic mass is 32.2. The third kappa shape index (κ3) is 4.21. The molecule has 0 radical (unpaired) electrons. The lowest BCUT2D eigenvalue weighted by molar-refractivity contribution is -0.145. The Morgan fingerprint density at radius 3 is 2.69 bits per heavy atom. The minimum Gasteiger partial charge on any atom is -0.467 e. The lowest BCUT2D eigenvalue weighted by Gasteiger charge is -2.44. The fourth-order valence-electron chi connectivity index (χ4n) is 4.93. The monoisotopic (exact) mass is 429 g/mol. The zero-order valence-electron chi connectivity index (χ0n) is 17.6. The molecular weight excluding hydrogens is 398 g/mol. The van der Waals surface area contributed by atoms with Gasteiger partial charge in [0.1, 0.15) is 29.3 Å². The molecule has 2 N–H and O–H groups in total. The summed E-state index contributed by atoms with van der Waals surface area (Å²) in [6, 6.07) is -0.920. The normalized spacial score (nSPS) is 36.8. The van der Waals surface area contributed by atoms with E-state index in [4.69, 9.17) is 14.2 Å². The zero-order chi connectivity index (χ0) is 21.6. The molecule has 1 aliphatic heterocycles. The Morgan fingerprint density at radius 2 is 2.07 bits per heavy atom. The summed E-state index contributed by atoms with van der Waals surface area (Å²) in [5.74, 6) is -1.13. The quantitative estimate of drug-likeness (QED) is 0.503. The van der Waals surface area contributed by atoms with E-state index >= 15 is 0 Å². The largest absolute Gasteiger partial charge is 0.467 e.